The molecular formula is C37H25N5. The summed E-state index contributed by atoms with van der Waals surface area (Å²) in [5.41, 5.74) is 9.66. The van der Waals surface area contributed by atoms with Crippen molar-refractivity contribution >= 4 is 0 Å². The minimum Gasteiger partial charge on any atom is -0.265 e. The fraction of sp³-hybridized carbons (Fsp3) is 0. The number of rotatable bonds is 6. The number of benzene rings is 4. The summed E-state index contributed by atoms with van der Waals surface area (Å²) in [6.45, 7) is 0. The molecule has 0 unspecified atom stereocenters. The maximum absolute atomic E-state index is 4.84. The zero-order valence-corrected chi connectivity index (χ0v) is 22.7. The quantitative estimate of drug-likeness (QED) is 0.212. The van der Waals surface area contributed by atoms with Crippen molar-refractivity contribution in [1.82, 2.24) is 24.9 Å². The molecular weight excluding hydrogens is 514 g/mol. The zero-order valence-electron chi connectivity index (χ0n) is 22.7. The summed E-state index contributed by atoms with van der Waals surface area (Å²) in [6, 6.07) is 43.8. The van der Waals surface area contributed by atoms with Gasteiger partial charge in [0.05, 0.1) is 0 Å². The summed E-state index contributed by atoms with van der Waals surface area (Å²) >= 11 is 0. The van der Waals surface area contributed by atoms with E-state index in [0.29, 0.717) is 17.5 Å². The van der Waals surface area contributed by atoms with Crippen molar-refractivity contribution in [2.75, 3.05) is 0 Å². The molecule has 0 saturated heterocycles. The van der Waals surface area contributed by atoms with Crippen LogP contribution >= 0.6 is 0 Å². The molecule has 3 heterocycles. The van der Waals surface area contributed by atoms with Gasteiger partial charge in [-0.3, -0.25) is 9.97 Å². The van der Waals surface area contributed by atoms with E-state index in [4.69, 9.17) is 15.0 Å². The third kappa shape index (κ3) is 5.31. The van der Waals surface area contributed by atoms with Crippen LogP contribution in [0.25, 0.3) is 67.5 Å². The fourth-order valence-electron chi connectivity index (χ4n) is 4.97. The highest BCUT2D eigenvalue weighted by Gasteiger charge is 2.13. The average molecular weight is 540 g/mol. The summed E-state index contributed by atoms with van der Waals surface area (Å²) < 4.78 is 0. The lowest BCUT2D eigenvalue weighted by Crippen LogP contribution is -2.00. The number of hydrogen-bond donors (Lipinski definition) is 0. The van der Waals surface area contributed by atoms with Crippen molar-refractivity contribution in [3.05, 3.63) is 152 Å². The van der Waals surface area contributed by atoms with Crippen LogP contribution in [0.1, 0.15) is 0 Å². The molecule has 7 rings (SSSR count). The first-order chi connectivity index (χ1) is 20.8. The van der Waals surface area contributed by atoms with Gasteiger partial charge in [-0.15, -0.1) is 0 Å². The monoisotopic (exact) mass is 539 g/mol. The lowest BCUT2D eigenvalue weighted by Gasteiger charge is -2.12. The molecule has 198 valence electrons. The summed E-state index contributed by atoms with van der Waals surface area (Å²) in [6.07, 6.45) is 6.97. The van der Waals surface area contributed by atoms with Crippen LogP contribution in [0.15, 0.2) is 152 Å². The van der Waals surface area contributed by atoms with Crippen molar-refractivity contribution in [2.24, 2.45) is 0 Å². The van der Waals surface area contributed by atoms with Gasteiger partial charge in [0, 0.05) is 41.5 Å². The van der Waals surface area contributed by atoms with Crippen LogP contribution < -0.4 is 0 Å². The van der Waals surface area contributed by atoms with Gasteiger partial charge in [0.2, 0.25) is 0 Å². The maximum atomic E-state index is 4.84. The van der Waals surface area contributed by atoms with Gasteiger partial charge in [-0.2, -0.15) is 0 Å². The van der Waals surface area contributed by atoms with Crippen molar-refractivity contribution in [3.63, 3.8) is 0 Å². The van der Waals surface area contributed by atoms with E-state index in [1.165, 1.54) is 22.3 Å². The molecule has 0 amide bonds. The Morgan fingerprint density at radius 2 is 0.571 bits per heavy atom. The lowest BCUT2D eigenvalue weighted by atomic mass is 9.93. The van der Waals surface area contributed by atoms with Crippen LogP contribution in [0.2, 0.25) is 0 Å². The van der Waals surface area contributed by atoms with E-state index in [2.05, 4.69) is 101 Å². The van der Waals surface area contributed by atoms with E-state index in [1.807, 2.05) is 36.4 Å². The van der Waals surface area contributed by atoms with E-state index < -0.39 is 0 Å². The van der Waals surface area contributed by atoms with Gasteiger partial charge < -0.3 is 0 Å². The Labute approximate surface area is 244 Å². The Morgan fingerprint density at radius 3 is 0.952 bits per heavy atom. The number of hydrogen-bond acceptors (Lipinski definition) is 5. The third-order valence-corrected chi connectivity index (χ3v) is 7.14. The fourth-order valence-corrected chi connectivity index (χ4v) is 4.97. The van der Waals surface area contributed by atoms with Crippen LogP contribution in [0.4, 0.5) is 0 Å². The molecule has 0 atom stereocenters. The zero-order chi connectivity index (χ0) is 28.1. The molecule has 0 aliphatic rings. The molecule has 0 saturated carbocycles. The minimum atomic E-state index is 0.598. The Bertz CT molecular complexity index is 1680. The highest BCUT2D eigenvalue weighted by Crippen LogP contribution is 2.34. The van der Waals surface area contributed by atoms with Crippen LogP contribution in [-0.4, -0.2) is 24.9 Å². The van der Waals surface area contributed by atoms with Crippen LogP contribution in [0.3, 0.4) is 0 Å². The molecule has 0 aliphatic heterocycles. The number of pyridine rings is 2. The molecule has 0 aliphatic carbocycles. The first kappa shape index (κ1) is 25.2. The van der Waals surface area contributed by atoms with E-state index in [9.17, 15) is 0 Å². The largest absolute Gasteiger partial charge is 0.265 e. The second-order valence-corrected chi connectivity index (χ2v) is 9.89. The third-order valence-electron chi connectivity index (χ3n) is 7.14. The Morgan fingerprint density at radius 1 is 0.262 bits per heavy atom. The Hall–Kier alpha value is -5.81. The Balaban J connectivity index is 1.31. The molecule has 0 radical (unpaired) electrons. The van der Waals surface area contributed by atoms with E-state index in [0.717, 1.165) is 27.8 Å². The van der Waals surface area contributed by atoms with Gasteiger partial charge in [0.1, 0.15) is 0 Å². The van der Waals surface area contributed by atoms with Gasteiger partial charge in [-0.1, -0.05) is 84.9 Å². The Kier molecular flexibility index (Phi) is 6.81. The van der Waals surface area contributed by atoms with E-state index in [-0.39, 0.29) is 0 Å². The standard InChI is InChI=1S/C37H25N5/c1-3-7-26(8-4-1)32-23-33(27-9-5-2-6-10-27)25-34(24-32)28-11-13-29(14-12-28)35-40-36(30-15-19-38-20-16-30)42-37(41-35)31-17-21-39-22-18-31/h1-25H. The molecule has 7 aromatic rings. The predicted octanol–water partition coefficient (Wildman–Crippen LogP) is 8.66. The highest BCUT2D eigenvalue weighted by molar-refractivity contribution is 5.82. The predicted molar refractivity (Wildman–Crippen MR) is 168 cm³/mol. The van der Waals surface area contributed by atoms with E-state index >= 15 is 0 Å². The number of aromatic nitrogens is 5. The summed E-state index contributed by atoms with van der Waals surface area (Å²) in [5, 5.41) is 0. The van der Waals surface area contributed by atoms with Crippen LogP contribution in [0, 0.1) is 0 Å². The van der Waals surface area contributed by atoms with Gasteiger partial charge in [0.25, 0.3) is 0 Å². The molecule has 4 aromatic carbocycles. The van der Waals surface area contributed by atoms with Crippen molar-refractivity contribution in [1.29, 1.82) is 0 Å². The SMILES string of the molecule is c1ccc(-c2cc(-c3ccccc3)cc(-c3ccc(-c4nc(-c5ccncc5)nc(-c5ccncc5)n4)cc3)c2)cc1. The topological polar surface area (TPSA) is 64.5 Å². The highest BCUT2D eigenvalue weighted by atomic mass is 15.0. The van der Waals surface area contributed by atoms with Gasteiger partial charge in [-0.05, 0) is 75.8 Å². The summed E-state index contributed by atoms with van der Waals surface area (Å²) in [5.74, 6) is 1.81. The van der Waals surface area contributed by atoms with Crippen LogP contribution in [0.5, 0.6) is 0 Å². The van der Waals surface area contributed by atoms with Crippen molar-refractivity contribution < 1.29 is 0 Å². The molecule has 0 bridgehead atoms. The first-order valence-electron chi connectivity index (χ1n) is 13.7. The summed E-state index contributed by atoms with van der Waals surface area (Å²) in [7, 11) is 0. The van der Waals surface area contributed by atoms with Gasteiger partial charge in [-0.25, -0.2) is 15.0 Å². The maximum Gasteiger partial charge on any atom is 0.164 e. The molecule has 5 nitrogen and oxygen atoms in total. The molecule has 0 spiro atoms. The lowest BCUT2D eigenvalue weighted by molar-refractivity contribution is 1.07. The van der Waals surface area contributed by atoms with Crippen LogP contribution in [-0.2, 0) is 0 Å². The average Bonchev–Trinajstić information content (AvgIpc) is 3.09. The van der Waals surface area contributed by atoms with Crippen molar-refractivity contribution in [2.45, 2.75) is 0 Å². The van der Waals surface area contributed by atoms with E-state index in [1.54, 1.807) is 24.8 Å². The van der Waals surface area contributed by atoms with Crippen molar-refractivity contribution in [3.8, 4) is 67.5 Å². The first-order valence-corrected chi connectivity index (χ1v) is 13.7. The smallest absolute Gasteiger partial charge is 0.164 e. The van der Waals surface area contributed by atoms with Gasteiger partial charge >= 0.3 is 0 Å². The van der Waals surface area contributed by atoms with Gasteiger partial charge in [0.15, 0.2) is 17.5 Å². The second kappa shape index (κ2) is 11.4. The molecule has 0 fully saturated rings. The molecule has 5 heteroatoms. The molecule has 3 aromatic heterocycles. The summed E-state index contributed by atoms with van der Waals surface area (Å²) in [4.78, 5) is 22.7. The normalized spacial score (nSPS) is 10.9. The minimum absolute atomic E-state index is 0.598. The molecule has 42 heavy (non-hydrogen) atoms. The number of nitrogens with zero attached hydrogens (tertiary/aromatic N) is 5. The molecule has 0 N–H and O–H groups in total. The second-order valence-electron chi connectivity index (χ2n) is 9.89.